The van der Waals surface area contributed by atoms with Gasteiger partial charge in [0.15, 0.2) is 0 Å². The summed E-state index contributed by atoms with van der Waals surface area (Å²) in [5, 5.41) is 9.69. The zero-order chi connectivity index (χ0) is 13.1. The lowest BCUT2D eigenvalue weighted by atomic mass is 9.93. The molecule has 1 aromatic carbocycles. The lowest BCUT2D eigenvalue weighted by Gasteiger charge is -2.19. The maximum absolute atomic E-state index is 9.69. The minimum absolute atomic E-state index is 0.264. The Morgan fingerprint density at radius 1 is 1.35 bits per heavy atom. The third-order valence-corrected chi connectivity index (χ3v) is 3.02. The summed E-state index contributed by atoms with van der Waals surface area (Å²) in [7, 11) is 0. The van der Waals surface area contributed by atoms with Crippen LogP contribution >= 0.6 is 15.9 Å². The Kier molecular flexibility index (Phi) is 5.02. The first-order valence-corrected chi connectivity index (χ1v) is 6.69. The number of hydrogen-bond acceptors (Lipinski definition) is 2. The van der Waals surface area contributed by atoms with Crippen molar-refractivity contribution >= 4 is 15.9 Å². The van der Waals surface area contributed by atoms with E-state index in [1.54, 1.807) is 6.92 Å². The fourth-order valence-electron chi connectivity index (χ4n) is 1.44. The smallest absolute Gasteiger partial charge is 0.125 e. The van der Waals surface area contributed by atoms with Crippen LogP contribution in [0.3, 0.4) is 0 Å². The Morgan fingerprint density at radius 3 is 2.53 bits per heavy atom. The number of halogens is 1. The van der Waals surface area contributed by atoms with Crippen molar-refractivity contribution in [2.75, 3.05) is 6.61 Å². The summed E-state index contributed by atoms with van der Waals surface area (Å²) in [5.74, 6) is 0.771. The second kappa shape index (κ2) is 5.87. The standard InChI is InChI=1S/C14H21BrO2/c1-10(16)12-9-11(15)5-6-13(12)17-8-7-14(2,3)4/h5-6,9-10,16H,7-8H2,1-4H3/t10-/m0/s1. The van der Waals surface area contributed by atoms with Crippen molar-refractivity contribution in [3.8, 4) is 5.75 Å². The molecule has 0 amide bonds. The van der Waals surface area contributed by atoms with Crippen LogP contribution in [-0.2, 0) is 0 Å². The Hall–Kier alpha value is -0.540. The highest BCUT2D eigenvalue weighted by Gasteiger charge is 2.13. The summed E-state index contributed by atoms with van der Waals surface area (Å²) < 4.78 is 6.70. The molecule has 0 aliphatic rings. The van der Waals surface area contributed by atoms with Crippen molar-refractivity contribution < 1.29 is 9.84 Å². The minimum Gasteiger partial charge on any atom is -0.493 e. The highest BCUT2D eigenvalue weighted by atomic mass is 79.9. The molecule has 0 bridgehead atoms. The van der Waals surface area contributed by atoms with Gasteiger partial charge in [0.25, 0.3) is 0 Å². The van der Waals surface area contributed by atoms with Crippen molar-refractivity contribution in [1.29, 1.82) is 0 Å². The van der Waals surface area contributed by atoms with E-state index in [1.165, 1.54) is 0 Å². The average Bonchev–Trinajstić information content (AvgIpc) is 2.18. The van der Waals surface area contributed by atoms with Crippen LogP contribution in [0.25, 0.3) is 0 Å². The molecule has 0 radical (unpaired) electrons. The molecule has 1 rings (SSSR count). The van der Waals surface area contributed by atoms with Crippen LogP contribution in [0, 0.1) is 5.41 Å². The molecule has 0 saturated carbocycles. The lowest BCUT2D eigenvalue weighted by molar-refractivity contribution is 0.186. The first-order valence-electron chi connectivity index (χ1n) is 5.90. The molecular formula is C14H21BrO2. The number of hydrogen-bond donors (Lipinski definition) is 1. The van der Waals surface area contributed by atoms with Gasteiger partial charge in [-0.1, -0.05) is 36.7 Å². The number of ether oxygens (including phenoxy) is 1. The molecule has 3 heteroatoms. The molecule has 96 valence electrons. The van der Waals surface area contributed by atoms with E-state index in [1.807, 2.05) is 18.2 Å². The third kappa shape index (κ3) is 5.09. The topological polar surface area (TPSA) is 29.5 Å². The minimum atomic E-state index is -0.517. The van der Waals surface area contributed by atoms with E-state index < -0.39 is 6.10 Å². The van der Waals surface area contributed by atoms with Crippen LogP contribution in [0.4, 0.5) is 0 Å². The van der Waals surface area contributed by atoms with Gasteiger partial charge in [-0.3, -0.25) is 0 Å². The fourth-order valence-corrected chi connectivity index (χ4v) is 1.82. The van der Waals surface area contributed by atoms with Gasteiger partial charge in [-0.2, -0.15) is 0 Å². The predicted octanol–water partition coefficient (Wildman–Crippen LogP) is 4.32. The van der Waals surface area contributed by atoms with E-state index >= 15 is 0 Å². The largest absolute Gasteiger partial charge is 0.493 e. The van der Waals surface area contributed by atoms with Crippen molar-refractivity contribution in [1.82, 2.24) is 0 Å². The van der Waals surface area contributed by atoms with E-state index in [-0.39, 0.29) is 5.41 Å². The molecule has 1 atom stereocenters. The van der Waals surface area contributed by atoms with Crippen molar-refractivity contribution in [2.45, 2.75) is 40.2 Å². The highest BCUT2D eigenvalue weighted by molar-refractivity contribution is 9.10. The summed E-state index contributed by atoms with van der Waals surface area (Å²) in [6, 6.07) is 5.73. The Balaban J connectivity index is 2.70. The van der Waals surface area contributed by atoms with Crippen molar-refractivity contribution in [3.05, 3.63) is 28.2 Å². The molecule has 0 saturated heterocycles. The highest BCUT2D eigenvalue weighted by Crippen LogP contribution is 2.29. The van der Waals surface area contributed by atoms with Gasteiger partial charge < -0.3 is 9.84 Å². The van der Waals surface area contributed by atoms with Crippen LogP contribution in [0.1, 0.15) is 45.8 Å². The summed E-state index contributed by atoms with van der Waals surface area (Å²) >= 11 is 3.40. The maximum Gasteiger partial charge on any atom is 0.125 e. The quantitative estimate of drug-likeness (QED) is 0.897. The summed E-state index contributed by atoms with van der Waals surface area (Å²) in [6.45, 7) is 8.98. The molecule has 0 aliphatic carbocycles. The number of rotatable bonds is 4. The van der Waals surface area contributed by atoms with Gasteiger partial charge >= 0.3 is 0 Å². The van der Waals surface area contributed by atoms with E-state index in [4.69, 9.17) is 4.74 Å². The second-order valence-electron chi connectivity index (χ2n) is 5.52. The number of aliphatic hydroxyl groups is 1. The maximum atomic E-state index is 9.69. The third-order valence-electron chi connectivity index (χ3n) is 2.53. The van der Waals surface area contributed by atoms with Crippen LogP contribution in [0.2, 0.25) is 0 Å². The fraction of sp³-hybridized carbons (Fsp3) is 0.571. The molecule has 0 spiro atoms. The zero-order valence-corrected chi connectivity index (χ0v) is 12.5. The normalized spacial score (nSPS) is 13.5. The van der Waals surface area contributed by atoms with Gasteiger partial charge in [-0.05, 0) is 37.0 Å². The van der Waals surface area contributed by atoms with E-state index in [0.717, 1.165) is 22.2 Å². The van der Waals surface area contributed by atoms with E-state index in [0.29, 0.717) is 6.61 Å². The van der Waals surface area contributed by atoms with Crippen LogP contribution in [-0.4, -0.2) is 11.7 Å². The molecule has 0 aliphatic heterocycles. The zero-order valence-electron chi connectivity index (χ0n) is 11.0. The van der Waals surface area contributed by atoms with Crippen LogP contribution < -0.4 is 4.74 Å². The van der Waals surface area contributed by atoms with Gasteiger partial charge in [0.2, 0.25) is 0 Å². The molecule has 0 fully saturated rings. The van der Waals surface area contributed by atoms with Gasteiger partial charge in [0.05, 0.1) is 12.7 Å². The number of aliphatic hydroxyl groups excluding tert-OH is 1. The van der Waals surface area contributed by atoms with Crippen LogP contribution in [0.5, 0.6) is 5.75 Å². The van der Waals surface area contributed by atoms with Crippen LogP contribution in [0.15, 0.2) is 22.7 Å². The van der Waals surface area contributed by atoms with E-state index in [2.05, 4.69) is 36.7 Å². The van der Waals surface area contributed by atoms with E-state index in [9.17, 15) is 5.11 Å². The molecule has 1 N–H and O–H groups in total. The van der Waals surface area contributed by atoms with Gasteiger partial charge in [-0.15, -0.1) is 0 Å². The lowest BCUT2D eigenvalue weighted by Crippen LogP contribution is -2.12. The Bertz CT molecular complexity index is 367. The number of benzene rings is 1. The molecule has 2 nitrogen and oxygen atoms in total. The monoisotopic (exact) mass is 300 g/mol. The molecule has 1 aromatic rings. The van der Waals surface area contributed by atoms with Crippen molar-refractivity contribution in [3.63, 3.8) is 0 Å². The molecule has 0 heterocycles. The van der Waals surface area contributed by atoms with Gasteiger partial charge in [-0.25, -0.2) is 0 Å². The SMILES string of the molecule is C[C@H](O)c1cc(Br)ccc1OCCC(C)(C)C. The Labute approximate surface area is 112 Å². The second-order valence-corrected chi connectivity index (χ2v) is 6.43. The Morgan fingerprint density at radius 2 is 2.00 bits per heavy atom. The average molecular weight is 301 g/mol. The first-order chi connectivity index (χ1) is 7.79. The predicted molar refractivity (Wildman–Crippen MR) is 74.3 cm³/mol. The summed E-state index contributed by atoms with van der Waals surface area (Å²) in [6.07, 6.45) is 0.472. The van der Waals surface area contributed by atoms with Gasteiger partial charge in [0, 0.05) is 10.0 Å². The first kappa shape index (κ1) is 14.5. The molecule has 17 heavy (non-hydrogen) atoms. The molecule has 0 unspecified atom stereocenters. The molecular weight excluding hydrogens is 280 g/mol. The summed E-state index contributed by atoms with van der Waals surface area (Å²) in [5.41, 5.74) is 1.09. The van der Waals surface area contributed by atoms with Crippen molar-refractivity contribution in [2.24, 2.45) is 5.41 Å². The molecule has 0 aromatic heterocycles. The summed E-state index contributed by atoms with van der Waals surface area (Å²) in [4.78, 5) is 0. The van der Waals surface area contributed by atoms with Gasteiger partial charge in [0.1, 0.15) is 5.75 Å².